The van der Waals surface area contributed by atoms with Crippen molar-refractivity contribution in [1.29, 1.82) is 0 Å². The van der Waals surface area contributed by atoms with Gasteiger partial charge in [0.25, 0.3) is 0 Å². The van der Waals surface area contributed by atoms with Crippen molar-refractivity contribution in [2.45, 2.75) is 32.6 Å². The molecule has 102 valence electrons. The Bertz CT molecular complexity index is 213. The molecule has 0 aliphatic carbocycles. The highest BCUT2D eigenvalue weighted by Crippen LogP contribution is 2.19. The van der Waals surface area contributed by atoms with Gasteiger partial charge in [-0.1, -0.05) is 0 Å². The summed E-state index contributed by atoms with van der Waals surface area (Å²) in [5, 5.41) is 0. The molecule has 0 aromatic carbocycles. The van der Waals surface area contributed by atoms with Gasteiger partial charge in [0.15, 0.2) is 0 Å². The summed E-state index contributed by atoms with van der Waals surface area (Å²) in [6, 6.07) is 0. The fourth-order valence-electron chi connectivity index (χ4n) is 2.22. The van der Waals surface area contributed by atoms with Gasteiger partial charge in [-0.05, 0) is 38.6 Å². The number of amides is 1. The molecule has 17 heavy (non-hydrogen) atoms. The number of hydrogen-bond acceptors (Lipinski definition) is 3. The van der Waals surface area contributed by atoms with E-state index in [2.05, 4.69) is 0 Å². The van der Waals surface area contributed by atoms with Gasteiger partial charge < -0.3 is 15.4 Å². The van der Waals surface area contributed by atoms with Crippen LogP contribution in [0.2, 0.25) is 0 Å². The minimum absolute atomic E-state index is 0. The average Bonchev–Trinajstić information content (AvgIpc) is 2.30. The SMILES string of the molecule is CCOCCC(=O)N1CCCC(CCN)C1.Cl. The summed E-state index contributed by atoms with van der Waals surface area (Å²) in [4.78, 5) is 13.8. The van der Waals surface area contributed by atoms with Gasteiger partial charge in [-0.15, -0.1) is 12.4 Å². The number of carbonyl (C=O) groups is 1. The summed E-state index contributed by atoms with van der Waals surface area (Å²) < 4.78 is 5.20. The van der Waals surface area contributed by atoms with Crippen LogP contribution in [0.1, 0.15) is 32.6 Å². The third-order valence-electron chi connectivity index (χ3n) is 3.11. The third kappa shape index (κ3) is 6.24. The Labute approximate surface area is 110 Å². The van der Waals surface area contributed by atoms with Crippen LogP contribution in [-0.2, 0) is 9.53 Å². The maximum Gasteiger partial charge on any atom is 0.224 e. The molecule has 0 saturated carbocycles. The molecule has 0 spiro atoms. The zero-order valence-electron chi connectivity index (χ0n) is 10.7. The molecular formula is C12H25ClN2O2. The lowest BCUT2D eigenvalue weighted by molar-refractivity contribution is -0.134. The van der Waals surface area contributed by atoms with E-state index in [9.17, 15) is 4.79 Å². The molecule has 5 heteroatoms. The number of nitrogens with zero attached hydrogens (tertiary/aromatic N) is 1. The van der Waals surface area contributed by atoms with Crippen LogP contribution in [-0.4, -0.2) is 43.7 Å². The number of nitrogens with two attached hydrogens (primary N) is 1. The zero-order valence-corrected chi connectivity index (χ0v) is 11.5. The lowest BCUT2D eigenvalue weighted by Gasteiger charge is -2.32. The van der Waals surface area contributed by atoms with Crippen LogP contribution in [0, 0.1) is 5.92 Å². The maximum atomic E-state index is 11.8. The van der Waals surface area contributed by atoms with E-state index in [0.717, 1.165) is 32.5 Å². The van der Waals surface area contributed by atoms with Crippen molar-refractivity contribution in [3.8, 4) is 0 Å². The number of hydrogen-bond donors (Lipinski definition) is 1. The van der Waals surface area contributed by atoms with Gasteiger partial charge in [-0.25, -0.2) is 0 Å². The highest BCUT2D eigenvalue weighted by atomic mass is 35.5. The van der Waals surface area contributed by atoms with E-state index in [4.69, 9.17) is 10.5 Å². The smallest absolute Gasteiger partial charge is 0.224 e. The molecule has 0 aromatic rings. The molecule has 1 saturated heterocycles. The van der Waals surface area contributed by atoms with Gasteiger partial charge >= 0.3 is 0 Å². The van der Waals surface area contributed by atoms with Crippen LogP contribution < -0.4 is 5.73 Å². The Kier molecular flexibility index (Phi) is 9.50. The Morgan fingerprint density at radius 1 is 1.53 bits per heavy atom. The first-order valence-corrected chi connectivity index (χ1v) is 6.33. The fourth-order valence-corrected chi connectivity index (χ4v) is 2.22. The van der Waals surface area contributed by atoms with E-state index < -0.39 is 0 Å². The summed E-state index contributed by atoms with van der Waals surface area (Å²) in [7, 11) is 0. The molecule has 0 radical (unpaired) electrons. The van der Waals surface area contributed by atoms with Crippen molar-refractivity contribution >= 4 is 18.3 Å². The predicted octanol–water partition coefficient (Wildman–Crippen LogP) is 1.42. The van der Waals surface area contributed by atoms with E-state index in [1.54, 1.807) is 0 Å². The van der Waals surface area contributed by atoms with E-state index in [1.807, 2.05) is 11.8 Å². The van der Waals surface area contributed by atoms with Crippen molar-refractivity contribution in [1.82, 2.24) is 4.90 Å². The number of halogens is 1. The molecule has 1 aliphatic heterocycles. The highest BCUT2D eigenvalue weighted by Gasteiger charge is 2.22. The average molecular weight is 265 g/mol. The van der Waals surface area contributed by atoms with Gasteiger partial charge in [-0.3, -0.25) is 4.79 Å². The normalized spacial score (nSPS) is 19.9. The number of ether oxygens (including phenoxy) is 1. The minimum atomic E-state index is 0. The molecular weight excluding hydrogens is 240 g/mol. The van der Waals surface area contributed by atoms with Crippen LogP contribution in [0.5, 0.6) is 0 Å². The first-order valence-electron chi connectivity index (χ1n) is 6.33. The molecule has 1 rings (SSSR count). The Morgan fingerprint density at radius 3 is 2.94 bits per heavy atom. The summed E-state index contributed by atoms with van der Waals surface area (Å²) >= 11 is 0. The topological polar surface area (TPSA) is 55.6 Å². The molecule has 1 fully saturated rings. The zero-order chi connectivity index (χ0) is 11.8. The summed E-state index contributed by atoms with van der Waals surface area (Å²) in [5.74, 6) is 0.838. The molecule has 0 aromatic heterocycles. The van der Waals surface area contributed by atoms with Crippen LogP contribution in [0.4, 0.5) is 0 Å². The van der Waals surface area contributed by atoms with E-state index in [-0.39, 0.29) is 18.3 Å². The van der Waals surface area contributed by atoms with Crippen molar-refractivity contribution < 1.29 is 9.53 Å². The van der Waals surface area contributed by atoms with Gasteiger partial charge in [-0.2, -0.15) is 0 Å². The van der Waals surface area contributed by atoms with E-state index >= 15 is 0 Å². The lowest BCUT2D eigenvalue weighted by Crippen LogP contribution is -2.40. The molecule has 1 heterocycles. The molecule has 1 amide bonds. The molecule has 1 atom stereocenters. The second kappa shape index (κ2) is 9.68. The highest BCUT2D eigenvalue weighted by molar-refractivity contribution is 5.85. The molecule has 1 unspecified atom stereocenters. The fraction of sp³-hybridized carbons (Fsp3) is 0.917. The first kappa shape index (κ1) is 16.7. The van der Waals surface area contributed by atoms with E-state index in [0.29, 0.717) is 25.6 Å². The third-order valence-corrected chi connectivity index (χ3v) is 3.11. The summed E-state index contributed by atoms with van der Waals surface area (Å²) in [6.07, 6.45) is 3.88. The largest absolute Gasteiger partial charge is 0.381 e. The molecule has 1 aliphatic rings. The monoisotopic (exact) mass is 264 g/mol. The molecule has 2 N–H and O–H groups in total. The Hall–Kier alpha value is -0.320. The number of carbonyl (C=O) groups excluding carboxylic acids is 1. The quantitative estimate of drug-likeness (QED) is 0.739. The van der Waals surface area contributed by atoms with Crippen LogP contribution in [0.3, 0.4) is 0 Å². The molecule has 4 nitrogen and oxygen atoms in total. The molecule has 0 bridgehead atoms. The maximum absolute atomic E-state index is 11.8. The number of piperidine rings is 1. The minimum Gasteiger partial charge on any atom is -0.381 e. The van der Waals surface area contributed by atoms with Crippen LogP contribution >= 0.6 is 12.4 Å². The van der Waals surface area contributed by atoms with Gasteiger partial charge in [0.2, 0.25) is 5.91 Å². The van der Waals surface area contributed by atoms with Crippen molar-refractivity contribution in [3.63, 3.8) is 0 Å². The number of likely N-dealkylation sites (tertiary alicyclic amines) is 1. The standard InChI is InChI=1S/C12H24N2O2.ClH/c1-2-16-9-6-12(15)14-8-3-4-11(10-14)5-7-13;/h11H,2-10,13H2,1H3;1H. The lowest BCUT2D eigenvalue weighted by atomic mass is 9.95. The van der Waals surface area contributed by atoms with Gasteiger partial charge in [0, 0.05) is 19.7 Å². The van der Waals surface area contributed by atoms with Crippen LogP contribution in [0.25, 0.3) is 0 Å². The number of rotatable bonds is 6. The Morgan fingerprint density at radius 2 is 2.29 bits per heavy atom. The van der Waals surface area contributed by atoms with Gasteiger partial charge in [0.1, 0.15) is 0 Å². The van der Waals surface area contributed by atoms with E-state index in [1.165, 1.54) is 6.42 Å². The van der Waals surface area contributed by atoms with Crippen molar-refractivity contribution in [2.24, 2.45) is 11.7 Å². The summed E-state index contributed by atoms with van der Waals surface area (Å²) in [6.45, 7) is 5.71. The van der Waals surface area contributed by atoms with Gasteiger partial charge in [0.05, 0.1) is 13.0 Å². The predicted molar refractivity (Wildman–Crippen MR) is 71.3 cm³/mol. The first-order chi connectivity index (χ1) is 7.77. The summed E-state index contributed by atoms with van der Waals surface area (Å²) in [5.41, 5.74) is 5.56. The van der Waals surface area contributed by atoms with Crippen LogP contribution in [0.15, 0.2) is 0 Å². The Balaban J connectivity index is 0.00000256. The second-order valence-corrected chi connectivity index (χ2v) is 4.37. The van der Waals surface area contributed by atoms with Crippen molar-refractivity contribution in [3.05, 3.63) is 0 Å². The van der Waals surface area contributed by atoms with Crippen molar-refractivity contribution in [2.75, 3.05) is 32.8 Å². The second-order valence-electron chi connectivity index (χ2n) is 4.37.